The summed E-state index contributed by atoms with van der Waals surface area (Å²) in [6.07, 6.45) is 12.1. The Morgan fingerprint density at radius 1 is 1.06 bits per heavy atom. The lowest BCUT2D eigenvalue weighted by atomic mass is 9.88. The summed E-state index contributed by atoms with van der Waals surface area (Å²) in [4.78, 5) is 12.7. The molecule has 5 rings (SSSR count). The fourth-order valence-corrected chi connectivity index (χ4v) is 5.96. The van der Waals surface area contributed by atoms with Crippen LogP contribution < -0.4 is 5.32 Å². The summed E-state index contributed by atoms with van der Waals surface area (Å²) in [7, 11) is 0. The Kier molecular flexibility index (Phi) is 6.40. The van der Waals surface area contributed by atoms with Crippen LogP contribution in [0.3, 0.4) is 0 Å². The van der Waals surface area contributed by atoms with Crippen molar-refractivity contribution in [1.82, 2.24) is 14.9 Å². The van der Waals surface area contributed by atoms with E-state index in [9.17, 15) is 4.79 Å². The Morgan fingerprint density at radius 2 is 1.88 bits per heavy atom. The van der Waals surface area contributed by atoms with Gasteiger partial charge in [0.15, 0.2) is 5.78 Å². The highest BCUT2D eigenvalue weighted by Crippen LogP contribution is 2.42. The van der Waals surface area contributed by atoms with Crippen LogP contribution in [-0.2, 0) is 0 Å². The molecule has 4 nitrogen and oxygen atoms in total. The molecule has 0 bridgehead atoms. The number of hydrogen-bond donors (Lipinski definition) is 1. The molecule has 3 atom stereocenters. The SMILES string of the molecule is C[C@@H](CC1CC[C@H](c2ccc(C(=O)CC3CCNCC3)cc2)C1)c1cnn2ccccc12. The number of carbonyl (C=O) groups is 1. The molecule has 3 heterocycles. The molecular formula is C28H35N3O. The van der Waals surface area contributed by atoms with Crippen molar-refractivity contribution in [2.45, 2.75) is 63.7 Å². The molecule has 0 radical (unpaired) electrons. The molecule has 0 amide bonds. The van der Waals surface area contributed by atoms with E-state index in [0.29, 0.717) is 30.0 Å². The molecule has 1 saturated heterocycles. The van der Waals surface area contributed by atoms with Gasteiger partial charge in [0.1, 0.15) is 0 Å². The highest BCUT2D eigenvalue weighted by Gasteiger charge is 2.28. The average molecular weight is 430 g/mol. The largest absolute Gasteiger partial charge is 0.317 e. The van der Waals surface area contributed by atoms with Crippen molar-refractivity contribution < 1.29 is 4.79 Å². The van der Waals surface area contributed by atoms with Crippen LogP contribution in [0, 0.1) is 11.8 Å². The number of nitrogens with zero attached hydrogens (tertiary/aromatic N) is 2. The van der Waals surface area contributed by atoms with Crippen LogP contribution in [0.15, 0.2) is 54.9 Å². The highest BCUT2D eigenvalue weighted by atomic mass is 16.1. The van der Waals surface area contributed by atoms with Crippen molar-refractivity contribution in [3.05, 3.63) is 71.5 Å². The summed E-state index contributed by atoms with van der Waals surface area (Å²) >= 11 is 0. The number of ketones is 1. The fourth-order valence-electron chi connectivity index (χ4n) is 5.96. The molecule has 1 saturated carbocycles. The molecule has 0 spiro atoms. The molecule has 2 aliphatic rings. The third-order valence-electron chi connectivity index (χ3n) is 7.85. The Hall–Kier alpha value is -2.46. The van der Waals surface area contributed by atoms with Crippen molar-refractivity contribution in [1.29, 1.82) is 0 Å². The first-order valence-electron chi connectivity index (χ1n) is 12.4. The van der Waals surface area contributed by atoms with Gasteiger partial charge in [-0.25, -0.2) is 4.52 Å². The van der Waals surface area contributed by atoms with E-state index in [1.807, 2.05) is 23.0 Å². The van der Waals surface area contributed by atoms with E-state index >= 15 is 0 Å². The van der Waals surface area contributed by atoms with Crippen molar-refractivity contribution in [3.8, 4) is 0 Å². The predicted molar refractivity (Wildman–Crippen MR) is 129 cm³/mol. The van der Waals surface area contributed by atoms with E-state index in [-0.39, 0.29) is 0 Å². The molecule has 32 heavy (non-hydrogen) atoms. The van der Waals surface area contributed by atoms with Gasteiger partial charge in [-0.05, 0) is 93.0 Å². The average Bonchev–Trinajstić information content (AvgIpc) is 3.47. The van der Waals surface area contributed by atoms with Crippen molar-refractivity contribution in [2.75, 3.05) is 13.1 Å². The second kappa shape index (κ2) is 9.58. The minimum atomic E-state index is 0.315. The van der Waals surface area contributed by atoms with Gasteiger partial charge >= 0.3 is 0 Å². The minimum absolute atomic E-state index is 0.315. The number of aromatic nitrogens is 2. The molecule has 1 aliphatic carbocycles. The Balaban J connectivity index is 1.17. The van der Waals surface area contributed by atoms with Crippen molar-refractivity contribution in [3.63, 3.8) is 0 Å². The van der Waals surface area contributed by atoms with Crippen LogP contribution in [0.25, 0.3) is 5.52 Å². The number of fused-ring (bicyclic) bond motifs is 1. The number of benzene rings is 1. The Labute approximate surface area is 191 Å². The van der Waals surface area contributed by atoms with Gasteiger partial charge < -0.3 is 5.32 Å². The topological polar surface area (TPSA) is 46.4 Å². The lowest BCUT2D eigenvalue weighted by Crippen LogP contribution is -2.28. The van der Waals surface area contributed by atoms with Crippen LogP contribution in [0.1, 0.15) is 85.2 Å². The molecule has 1 unspecified atom stereocenters. The van der Waals surface area contributed by atoms with Crippen LogP contribution in [0.5, 0.6) is 0 Å². The quantitative estimate of drug-likeness (QED) is 0.470. The fraction of sp³-hybridized carbons (Fsp3) is 0.500. The third kappa shape index (κ3) is 4.66. The summed E-state index contributed by atoms with van der Waals surface area (Å²) in [6.45, 7) is 4.45. The molecular weight excluding hydrogens is 394 g/mol. The lowest BCUT2D eigenvalue weighted by molar-refractivity contribution is 0.0952. The molecule has 2 aromatic heterocycles. The van der Waals surface area contributed by atoms with Crippen LogP contribution in [0.2, 0.25) is 0 Å². The molecule has 1 N–H and O–H groups in total. The second-order valence-corrected chi connectivity index (χ2v) is 10.1. The number of carbonyl (C=O) groups excluding carboxylic acids is 1. The van der Waals surface area contributed by atoms with Gasteiger partial charge in [0.2, 0.25) is 0 Å². The summed E-state index contributed by atoms with van der Waals surface area (Å²) < 4.78 is 1.98. The van der Waals surface area contributed by atoms with Gasteiger partial charge in [-0.3, -0.25) is 4.79 Å². The molecule has 168 valence electrons. The van der Waals surface area contributed by atoms with Crippen LogP contribution in [0.4, 0.5) is 0 Å². The standard InChI is InChI=1S/C28H35N3O/c1-20(26-19-30-31-15-3-2-4-27(26)31)16-22-5-6-25(17-22)23-7-9-24(10-8-23)28(32)18-21-11-13-29-14-12-21/h2-4,7-10,15,19-22,25,29H,5-6,11-14,16-18H2,1H3/t20-,22?,25-/m0/s1. The van der Waals surface area contributed by atoms with E-state index < -0.39 is 0 Å². The molecule has 4 heteroatoms. The number of nitrogens with one attached hydrogen (secondary N) is 1. The maximum Gasteiger partial charge on any atom is 0.163 e. The summed E-state index contributed by atoms with van der Waals surface area (Å²) in [5, 5.41) is 7.90. The molecule has 1 aliphatic heterocycles. The zero-order valence-corrected chi connectivity index (χ0v) is 19.2. The second-order valence-electron chi connectivity index (χ2n) is 10.1. The zero-order valence-electron chi connectivity index (χ0n) is 19.2. The first kappa shape index (κ1) is 21.4. The van der Waals surface area contributed by atoms with E-state index in [0.717, 1.165) is 37.4 Å². The summed E-state index contributed by atoms with van der Waals surface area (Å²) in [5.41, 5.74) is 4.91. The van der Waals surface area contributed by atoms with Gasteiger partial charge in [-0.2, -0.15) is 5.10 Å². The maximum atomic E-state index is 12.7. The van der Waals surface area contributed by atoms with Crippen molar-refractivity contribution in [2.24, 2.45) is 11.8 Å². The summed E-state index contributed by atoms with van der Waals surface area (Å²) in [6, 6.07) is 14.9. The molecule has 2 fully saturated rings. The third-order valence-corrected chi connectivity index (χ3v) is 7.85. The van der Waals surface area contributed by atoms with Gasteiger partial charge in [0, 0.05) is 23.7 Å². The zero-order chi connectivity index (χ0) is 21.9. The normalized spacial score (nSPS) is 22.9. The van der Waals surface area contributed by atoms with Gasteiger partial charge in [0.25, 0.3) is 0 Å². The lowest BCUT2D eigenvalue weighted by Gasteiger charge is -2.21. The van der Waals surface area contributed by atoms with E-state index in [4.69, 9.17) is 0 Å². The van der Waals surface area contributed by atoms with Crippen molar-refractivity contribution >= 4 is 11.3 Å². The smallest absolute Gasteiger partial charge is 0.163 e. The van der Waals surface area contributed by atoms with E-state index in [2.05, 4.69) is 53.7 Å². The van der Waals surface area contributed by atoms with E-state index in [1.54, 1.807) is 0 Å². The Morgan fingerprint density at radius 3 is 2.69 bits per heavy atom. The molecule has 3 aromatic rings. The van der Waals surface area contributed by atoms with Crippen LogP contribution >= 0.6 is 0 Å². The number of pyridine rings is 1. The first-order chi connectivity index (χ1) is 15.7. The molecule has 1 aromatic carbocycles. The van der Waals surface area contributed by atoms with Gasteiger partial charge in [0.05, 0.1) is 11.7 Å². The van der Waals surface area contributed by atoms with Gasteiger partial charge in [-0.15, -0.1) is 0 Å². The number of hydrogen-bond acceptors (Lipinski definition) is 3. The van der Waals surface area contributed by atoms with Gasteiger partial charge in [-0.1, -0.05) is 37.3 Å². The number of rotatable bonds is 7. The highest BCUT2D eigenvalue weighted by molar-refractivity contribution is 5.96. The summed E-state index contributed by atoms with van der Waals surface area (Å²) in [5.74, 6) is 2.78. The Bertz CT molecular complexity index is 1050. The maximum absolute atomic E-state index is 12.7. The number of piperidine rings is 1. The predicted octanol–water partition coefficient (Wildman–Crippen LogP) is 5.98. The number of Topliss-reactive ketones (excluding diaryl/α,β-unsaturated/α-hetero) is 1. The van der Waals surface area contributed by atoms with E-state index in [1.165, 1.54) is 42.3 Å². The monoisotopic (exact) mass is 429 g/mol. The minimum Gasteiger partial charge on any atom is -0.317 e. The first-order valence-corrected chi connectivity index (χ1v) is 12.4. The van der Waals surface area contributed by atoms with Crippen LogP contribution in [-0.4, -0.2) is 28.5 Å².